The van der Waals surface area contributed by atoms with Crippen molar-refractivity contribution in [3.8, 4) is 22.5 Å². The van der Waals surface area contributed by atoms with E-state index >= 15 is 0 Å². The van der Waals surface area contributed by atoms with Gasteiger partial charge in [0, 0.05) is 18.5 Å². The summed E-state index contributed by atoms with van der Waals surface area (Å²) in [6, 6.07) is 16.3. The van der Waals surface area contributed by atoms with Crippen molar-refractivity contribution in [1.82, 2.24) is 35.0 Å². The Morgan fingerprint density at radius 1 is 1.03 bits per heavy atom. The van der Waals surface area contributed by atoms with Crippen molar-refractivity contribution in [2.45, 2.75) is 59.5 Å². The summed E-state index contributed by atoms with van der Waals surface area (Å²) in [5, 5.41) is 18.9. The fraction of sp³-hybridized carbons (Fsp3) is 0.400. The van der Waals surface area contributed by atoms with E-state index in [1.165, 1.54) is 0 Å². The highest BCUT2D eigenvalue weighted by atomic mass is 16.2. The molecule has 4 rings (SSSR count). The number of hydrogen-bond donors (Lipinski definition) is 1. The zero-order valence-corrected chi connectivity index (χ0v) is 19.5. The summed E-state index contributed by atoms with van der Waals surface area (Å²) in [5.41, 5.74) is 4.11. The van der Waals surface area contributed by atoms with Crippen molar-refractivity contribution < 1.29 is 0 Å². The molecule has 172 valence electrons. The average molecular weight is 446 g/mol. The first kappa shape index (κ1) is 22.6. The maximum atomic E-state index is 13.1. The van der Waals surface area contributed by atoms with Crippen LogP contribution in [-0.4, -0.2) is 35.0 Å². The van der Waals surface area contributed by atoms with Crippen LogP contribution >= 0.6 is 0 Å². The number of aromatic amines is 1. The molecule has 0 fully saturated rings. The quantitative estimate of drug-likeness (QED) is 0.392. The molecule has 0 aliphatic carbocycles. The van der Waals surface area contributed by atoms with E-state index in [1.54, 1.807) is 4.68 Å². The minimum atomic E-state index is -0.0194. The minimum absolute atomic E-state index is 0.0194. The van der Waals surface area contributed by atoms with Gasteiger partial charge in [-0.1, -0.05) is 75.7 Å². The Kier molecular flexibility index (Phi) is 7.12. The molecule has 0 unspecified atom stereocenters. The first-order valence-electron chi connectivity index (χ1n) is 11.7. The molecule has 0 atom stereocenters. The van der Waals surface area contributed by atoms with Crippen LogP contribution in [0.25, 0.3) is 22.5 Å². The lowest BCUT2D eigenvalue weighted by molar-refractivity contribution is 0.472. The fourth-order valence-corrected chi connectivity index (χ4v) is 3.88. The predicted octanol–water partition coefficient (Wildman–Crippen LogP) is 4.33. The van der Waals surface area contributed by atoms with E-state index in [0.717, 1.165) is 53.8 Å². The smallest absolute Gasteiger partial charge is 0.274 e. The van der Waals surface area contributed by atoms with Crippen LogP contribution in [0, 0.1) is 5.92 Å². The molecule has 2 aromatic heterocycles. The maximum absolute atomic E-state index is 13.1. The summed E-state index contributed by atoms with van der Waals surface area (Å²) < 4.78 is 3.47. The van der Waals surface area contributed by atoms with Gasteiger partial charge in [0.1, 0.15) is 5.82 Å². The van der Waals surface area contributed by atoms with Crippen molar-refractivity contribution in [2.75, 3.05) is 0 Å². The van der Waals surface area contributed by atoms with Gasteiger partial charge in [0.15, 0.2) is 5.82 Å². The van der Waals surface area contributed by atoms with Gasteiger partial charge in [-0.05, 0) is 45.9 Å². The SMILES string of the molecule is CCCCc1nn(CCC(C)C)c(=O)n1Cc1ccc(-c2ccccc2-c2nnn[nH]2)cc1. The van der Waals surface area contributed by atoms with E-state index in [2.05, 4.69) is 76.8 Å². The van der Waals surface area contributed by atoms with Crippen LogP contribution < -0.4 is 5.69 Å². The molecular weight excluding hydrogens is 414 g/mol. The van der Waals surface area contributed by atoms with Gasteiger partial charge in [-0.25, -0.2) is 14.6 Å². The fourth-order valence-electron chi connectivity index (χ4n) is 3.88. The van der Waals surface area contributed by atoms with Gasteiger partial charge in [0.2, 0.25) is 0 Å². The number of aryl methyl sites for hydroxylation is 2. The van der Waals surface area contributed by atoms with E-state index < -0.39 is 0 Å². The first-order valence-corrected chi connectivity index (χ1v) is 11.7. The highest BCUT2D eigenvalue weighted by Gasteiger charge is 2.15. The van der Waals surface area contributed by atoms with Crippen LogP contribution in [0.1, 0.15) is 51.4 Å². The lowest BCUT2D eigenvalue weighted by atomic mass is 9.98. The summed E-state index contributed by atoms with van der Waals surface area (Å²) in [6.07, 6.45) is 3.85. The average Bonchev–Trinajstić information content (AvgIpc) is 3.46. The molecule has 33 heavy (non-hydrogen) atoms. The summed E-state index contributed by atoms with van der Waals surface area (Å²) >= 11 is 0. The zero-order chi connectivity index (χ0) is 23.2. The topological polar surface area (TPSA) is 94.3 Å². The van der Waals surface area contributed by atoms with Gasteiger partial charge >= 0.3 is 5.69 Å². The zero-order valence-electron chi connectivity index (χ0n) is 19.5. The summed E-state index contributed by atoms with van der Waals surface area (Å²) in [6.45, 7) is 7.67. The summed E-state index contributed by atoms with van der Waals surface area (Å²) in [7, 11) is 0. The monoisotopic (exact) mass is 445 g/mol. The Morgan fingerprint density at radius 3 is 2.45 bits per heavy atom. The van der Waals surface area contributed by atoms with E-state index in [0.29, 0.717) is 24.8 Å². The number of nitrogens with zero attached hydrogens (tertiary/aromatic N) is 6. The molecular formula is C25H31N7O. The third-order valence-corrected chi connectivity index (χ3v) is 5.80. The molecule has 0 saturated heterocycles. The molecule has 2 heterocycles. The predicted molar refractivity (Wildman–Crippen MR) is 129 cm³/mol. The Labute approximate surface area is 193 Å². The second kappa shape index (κ2) is 10.4. The lowest BCUT2D eigenvalue weighted by Gasteiger charge is -2.09. The van der Waals surface area contributed by atoms with Gasteiger partial charge < -0.3 is 0 Å². The number of H-pyrrole nitrogens is 1. The van der Waals surface area contributed by atoms with E-state index in [9.17, 15) is 4.79 Å². The van der Waals surface area contributed by atoms with Crippen LogP contribution in [0.4, 0.5) is 0 Å². The van der Waals surface area contributed by atoms with Crippen molar-refractivity contribution in [3.63, 3.8) is 0 Å². The third-order valence-electron chi connectivity index (χ3n) is 5.80. The highest BCUT2D eigenvalue weighted by molar-refractivity contribution is 5.80. The molecule has 0 aliphatic heterocycles. The molecule has 8 heteroatoms. The Hall–Kier alpha value is -3.55. The van der Waals surface area contributed by atoms with Crippen molar-refractivity contribution in [2.24, 2.45) is 5.92 Å². The third kappa shape index (κ3) is 5.27. The first-order chi connectivity index (χ1) is 16.1. The molecule has 2 aromatic carbocycles. The summed E-state index contributed by atoms with van der Waals surface area (Å²) in [4.78, 5) is 13.1. The normalized spacial score (nSPS) is 11.4. The Morgan fingerprint density at radius 2 is 1.79 bits per heavy atom. The Bertz CT molecular complexity index is 1220. The van der Waals surface area contributed by atoms with Crippen molar-refractivity contribution in [3.05, 3.63) is 70.4 Å². The minimum Gasteiger partial charge on any atom is -0.274 e. The van der Waals surface area contributed by atoms with Crippen LogP contribution in [0.3, 0.4) is 0 Å². The molecule has 8 nitrogen and oxygen atoms in total. The van der Waals surface area contributed by atoms with Gasteiger partial charge in [-0.15, -0.1) is 5.10 Å². The number of benzene rings is 2. The van der Waals surface area contributed by atoms with Gasteiger partial charge in [0.05, 0.1) is 6.54 Å². The molecule has 0 bridgehead atoms. The molecule has 1 N–H and O–H groups in total. The standard InChI is InChI=1S/C25H31N7O/c1-4-5-10-23-28-32(16-15-18(2)3)25(33)31(23)17-19-11-13-20(14-12-19)21-8-6-7-9-22(21)24-26-29-30-27-24/h6-9,11-14,18H,4-5,10,15-17H2,1-3H3,(H,26,27,29,30). The van der Waals surface area contributed by atoms with Crippen molar-refractivity contribution in [1.29, 1.82) is 0 Å². The van der Waals surface area contributed by atoms with Gasteiger partial charge in [-0.3, -0.25) is 4.57 Å². The molecule has 0 radical (unpaired) electrons. The van der Waals surface area contributed by atoms with Gasteiger partial charge in [0.25, 0.3) is 0 Å². The second-order valence-corrected chi connectivity index (χ2v) is 8.79. The molecule has 0 spiro atoms. The van der Waals surface area contributed by atoms with E-state index in [1.807, 2.05) is 22.8 Å². The van der Waals surface area contributed by atoms with E-state index in [4.69, 9.17) is 0 Å². The molecule has 0 amide bonds. The highest BCUT2D eigenvalue weighted by Crippen LogP contribution is 2.29. The van der Waals surface area contributed by atoms with Crippen LogP contribution in [-0.2, 0) is 19.5 Å². The van der Waals surface area contributed by atoms with E-state index in [-0.39, 0.29) is 5.69 Å². The Balaban J connectivity index is 1.59. The van der Waals surface area contributed by atoms with Crippen LogP contribution in [0.2, 0.25) is 0 Å². The second-order valence-electron chi connectivity index (χ2n) is 8.79. The van der Waals surface area contributed by atoms with Gasteiger partial charge in [-0.2, -0.15) is 5.10 Å². The van der Waals surface area contributed by atoms with Crippen LogP contribution in [0.15, 0.2) is 53.3 Å². The largest absolute Gasteiger partial charge is 0.346 e. The number of rotatable bonds is 10. The van der Waals surface area contributed by atoms with Crippen molar-refractivity contribution >= 4 is 0 Å². The number of tetrazole rings is 1. The number of unbranched alkanes of at least 4 members (excludes halogenated alkanes) is 1. The van der Waals surface area contributed by atoms with Crippen LogP contribution in [0.5, 0.6) is 0 Å². The lowest BCUT2D eigenvalue weighted by Crippen LogP contribution is -2.26. The molecule has 0 saturated carbocycles. The molecule has 0 aliphatic rings. The number of nitrogens with one attached hydrogen (secondary N) is 1. The molecule has 4 aromatic rings. The summed E-state index contributed by atoms with van der Waals surface area (Å²) in [5.74, 6) is 2.04. The number of aromatic nitrogens is 7. The maximum Gasteiger partial charge on any atom is 0.346 e. The number of hydrogen-bond acceptors (Lipinski definition) is 5.